The van der Waals surface area contributed by atoms with Crippen LogP contribution in [0.3, 0.4) is 0 Å². The third-order valence-electron chi connectivity index (χ3n) is 2.85. The first-order valence-corrected chi connectivity index (χ1v) is 7.08. The van der Waals surface area contributed by atoms with Crippen LogP contribution in [-0.2, 0) is 5.75 Å². The van der Waals surface area contributed by atoms with Gasteiger partial charge < -0.3 is 5.73 Å². The quantitative estimate of drug-likeness (QED) is 0.870. The van der Waals surface area contributed by atoms with Crippen LogP contribution in [0.5, 0.6) is 0 Å². The number of anilines is 1. The molecule has 2 N–H and O–H groups in total. The van der Waals surface area contributed by atoms with Crippen LogP contribution in [0.25, 0.3) is 0 Å². The Balaban J connectivity index is 1.74. The van der Waals surface area contributed by atoms with Gasteiger partial charge in [0, 0.05) is 10.8 Å². The number of hydrogen-bond acceptors (Lipinski definition) is 5. The van der Waals surface area contributed by atoms with Crippen molar-refractivity contribution in [3.63, 3.8) is 0 Å². The molecule has 1 aromatic carbocycles. The van der Waals surface area contributed by atoms with Crippen LogP contribution in [0.4, 0.5) is 10.3 Å². The Morgan fingerprint density at radius 3 is 2.74 bits per heavy atom. The van der Waals surface area contributed by atoms with Gasteiger partial charge in [-0.15, -0.1) is 11.8 Å². The van der Waals surface area contributed by atoms with Gasteiger partial charge >= 0.3 is 0 Å². The van der Waals surface area contributed by atoms with Crippen LogP contribution in [0.1, 0.15) is 30.4 Å². The minimum Gasteiger partial charge on any atom is -0.368 e. The smallest absolute Gasteiger partial charge is 0.223 e. The van der Waals surface area contributed by atoms with Gasteiger partial charge in [-0.2, -0.15) is 9.97 Å². The lowest BCUT2D eigenvalue weighted by Crippen LogP contribution is -2.05. The number of hydrogen-bond donors (Lipinski definition) is 1. The van der Waals surface area contributed by atoms with Gasteiger partial charge in [-0.1, -0.05) is 12.1 Å². The summed E-state index contributed by atoms with van der Waals surface area (Å²) in [4.78, 5) is 13.2. The molecular formula is C13H13FN4S. The average Bonchev–Trinajstić information content (AvgIpc) is 3.21. The summed E-state index contributed by atoms with van der Waals surface area (Å²) >= 11 is 1.37. The SMILES string of the molecule is Nc1nc(CSc2ccccc2F)nc(C2CC2)n1. The van der Waals surface area contributed by atoms with Gasteiger partial charge in [0.25, 0.3) is 0 Å². The Morgan fingerprint density at radius 1 is 1.21 bits per heavy atom. The molecule has 4 nitrogen and oxygen atoms in total. The van der Waals surface area contributed by atoms with E-state index in [1.54, 1.807) is 12.1 Å². The Labute approximate surface area is 114 Å². The largest absolute Gasteiger partial charge is 0.368 e. The molecule has 0 amide bonds. The fourth-order valence-electron chi connectivity index (χ4n) is 1.75. The fourth-order valence-corrected chi connectivity index (χ4v) is 2.54. The molecule has 0 saturated heterocycles. The monoisotopic (exact) mass is 276 g/mol. The topological polar surface area (TPSA) is 64.7 Å². The fraction of sp³-hybridized carbons (Fsp3) is 0.308. The van der Waals surface area contributed by atoms with E-state index in [1.165, 1.54) is 17.8 Å². The molecule has 19 heavy (non-hydrogen) atoms. The maximum Gasteiger partial charge on any atom is 0.223 e. The Morgan fingerprint density at radius 2 is 2.00 bits per heavy atom. The first kappa shape index (κ1) is 12.3. The van der Waals surface area contributed by atoms with Crippen molar-refractivity contribution >= 4 is 17.7 Å². The summed E-state index contributed by atoms with van der Waals surface area (Å²) in [5.41, 5.74) is 5.68. The molecule has 0 unspecified atom stereocenters. The van der Waals surface area contributed by atoms with Gasteiger partial charge in [0.1, 0.15) is 17.5 Å². The van der Waals surface area contributed by atoms with E-state index < -0.39 is 0 Å². The van der Waals surface area contributed by atoms with Gasteiger partial charge in [0.15, 0.2) is 0 Å². The number of rotatable bonds is 4. The first-order valence-electron chi connectivity index (χ1n) is 6.10. The molecule has 0 spiro atoms. The second-order valence-corrected chi connectivity index (χ2v) is 5.48. The molecule has 1 heterocycles. The lowest BCUT2D eigenvalue weighted by Gasteiger charge is -2.04. The van der Waals surface area contributed by atoms with E-state index in [0.29, 0.717) is 22.4 Å². The summed E-state index contributed by atoms with van der Waals surface area (Å²) in [5.74, 6) is 2.34. The summed E-state index contributed by atoms with van der Waals surface area (Å²) in [6.45, 7) is 0. The summed E-state index contributed by atoms with van der Waals surface area (Å²) in [7, 11) is 0. The van der Waals surface area contributed by atoms with E-state index >= 15 is 0 Å². The predicted molar refractivity (Wildman–Crippen MR) is 72.2 cm³/mol. The third kappa shape index (κ3) is 3.01. The van der Waals surface area contributed by atoms with Crippen LogP contribution < -0.4 is 5.73 Å². The zero-order valence-electron chi connectivity index (χ0n) is 10.2. The minimum atomic E-state index is -0.225. The van der Waals surface area contributed by atoms with Crippen molar-refractivity contribution in [2.45, 2.75) is 29.4 Å². The van der Waals surface area contributed by atoms with E-state index in [2.05, 4.69) is 15.0 Å². The van der Waals surface area contributed by atoms with E-state index in [1.807, 2.05) is 6.07 Å². The molecule has 2 aromatic rings. The number of thioether (sulfide) groups is 1. The highest BCUT2D eigenvalue weighted by atomic mass is 32.2. The second-order valence-electron chi connectivity index (χ2n) is 4.46. The third-order valence-corrected chi connectivity index (χ3v) is 3.90. The molecule has 0 radical (unpaired) electrons. The van der Waals surface area contributed by atoms with Crippen LogP contribution in [0, 0.1) is 5.82 Å². The highest BCUT2D eigenvalue weighted by Crippen LogP contribution is 2.38. The van der Waals surface area contributed by atoms with E-state index in [4.69, 9.17) is 5.73 Å². The molecule has 1 fully saturated rings. The lowest BCUT2D eigenvalue weighted by molar-refractivity contribution is 0.602. The molecule has 3 rings (SSSR count). The van der Waals surface area contributed by atoms with Crippen molar-refractivity contribution in [2.75, 3.05) is 5.73 Å². The van der Waals surface area contributed by atoms with Gasteiger partial charge in [-0.05, 0) is 25.0 Å². The summed E-state index contributed by atoms with van der Waals surface area (Å²) < 4.78 is 13.5. The van der Waals surface area contributed by atoms with Crippen molar-refractivity contribution in [1.82, 2.24) is 15.0 Å². The number of halogens is 1. The van der Waals surface area contributed by atoms with Gasteiger partial charge in [-0.3, -0.25) is 0 Å². The highest BCUT2D eigenvalue weighted by Gasteiger charge is 2.27. The molecule has 6 heteroatoms. The zero-order chi connectivity index (χ0) is 13.2. The Hall–Kier alpha value is -1.69. The second kappa shape index (κ2) is 5.13. The first-order chi connectivity index (χ1) is 9.22. The summed E-state index contributed by atoms with van der Waals surface area (Å²) in [6, 6.07) is 6.67. The molecule has 1 aromatic heterocycles. The maximum atomic E-state index is 13.5. The van der Waals surface area contributed by atoms with Crippen molar-refractivity contribution in [1.29, 1.82) is 0 Å². The normalized spacial score (nSPS) is 14.6. The zero-order valence-corrected chi connectivity index (χ0v) is 11.0. The predicted octanol–water partition coefficient (Wildman–Crippen LogP) is 2.76. The molecule has 1 saturated carbocycles. The average molecular weight is 276 g/mol. The van der Waals surface area contributed by atoms with Crippen molar-refractivity contribution in [3.05, 3.63) is 41.7 Å². The van der Waals surface area contributed by atoms with E-state index in [-0.39, 0.29) is 11.8 Å². The molecule has 0 bridgehead atoms. The summed E-state index contributed by atoms with van der Waals surface area (Å²) in [5, 5.41) is 0. The van der Waals surface area contributed by atoms with Crippen LogP contribution in [0.15, 0.2) is 29.2 Å². The minimum absolute atomic E-state index is 0.225. The standard InChI is InChI=1S/C13H13FN4S/c14-9-3-1-2-4-10(9)19-7-11-16-12(8-5-6-8)18-13(15)17-11/h1-4,8H,5-7H2,(H2,15,16,17,18). The van der Waals surface area contributed by atoms with Crippen LogP contribution >= 0.6 is 11.8 Å². The molecule has 1 aliphatic carbocycles. The lowest BCUT2D eigenvalue weighted by atomic mass is 10.3. The van der Waals surface area contributed by atoms with Crippen LogP contribution in [0.2, 0.25) is 0 Å². The van der Waals surface area contributed by atoms with Crippen molar-refractivity contribution in [2.24, 2.45) is 0 Å². The molecule has 0 atom stereocenters. The number of aromatic nitrogens is 3. The molecule has 0 aliphatic heterocycles. The van der Waals surface area contributed by atoms with E-state index in [0.717, 1.165) is 18.7 Å². The van der Waals surface area contributed by atoms with Crippen molar-refractivity contribution < 1.29 is 4.39 Å². The number of nitrogens with zero attached hydrogens (tertiary/aromatic N) is 3. The van der Waals surface area contributed by atoms with Gasteiger partial charge in [0.05, 0.1) is 5.75 Å². The Kier molecular flexibility index (Phi) is 3.33. The number of nitrogens with two attached hydrogens (primary N) is 1. The van der Waals surface area contributed by atoms with E-state index in [9.17, 15) is 4.39 Å². The molecule has 98 valence electrons. The van der Waals surface area contributed by atoms with Gasteiger partial charge in [-0.25, -0.2) is 9.37 Å². The Bertz CT molecular complexity index is 601. The summed E-state index contributed by atoms with van der Waals surface area (Å²) in [6.07, 6.45) is 2.23. The number of benzene rings is 1. The number of nitrogen functional groups attached to an aromatic ring is 1. The van der Waals surface area contributed by atoms with Crippen molar-refractivity contribution in [3.8, 4) is 0 Å². The highest BCUT2D eigenvalue weighted by molar-refractivity contribution is 7.98. The van der Waals surface area contributed by atoms with Gasteiger partial charge in [0.2, 0.25) is 5.95 Å². The molecular weight excluding hydrogens is 263 g/mol. The van der Waals surface area contributed by atoms with Crippen LogP contribution in [-0.4, -0.2) is 15.0 Å². The molecule has 1 aliphatic rings. The maximum absolute atomic E-state index is 13.5.